The maximum absolute atomic E-state index is 13.1. The summed E-state index contributed by atoms with van der Waals surface area (Å²) in [7, 11) is 1.64. The number of hydrogen-bond donors (Lipinski definition) is 1. The molecule has 2 rings (SSSR count). The molecule has 0 spiro atoms. The van der Waals surface area contributed by atoms with Crippen molar-refractivity contribution in [2.45, 2.75) is 84.8 Å². The third-order valence-electron chi connectivity index (χ3n) is 6.19. The summed E-state index contributed by atoms with van der Waals surface area (Å²) in [4.78, 5) is 15.7. The molecule has 1 atom stereocenters. The minimum atomic E-state index is -0.802. The lowest BCUT2D eigenvalue weighted by Gasteiger charge is -2.34. The fourth-order valence-corrected chi connectivity index (χ4v) is 4.67. The zero-order valence-corrected chi connectivity index (χ0v) is 20.6. The standard InChI is InChI=1S/C26H44N2O3/c1-20(2)18-26(30-6,19-21(3)4)25(29)27-23-11-13-24(14-12-23)31-17-9-16-28-15-8-7-10-22(28)5/h11-14,20-22H,7-10,15-19H2,1-6H3,(H,27,29). The van der Waals surface area contributed by atoms with Gasteiger partial charge in [0.25, 0.3) is 5.91 Å². The van der Waals surface area contributed by atoms with E-state index < -0.39 is 5.60 Å². The van der Waals surface area contributed by atoms with Crippen LogP contribution in [-0.4, -0.2) is 49.3 Å². The van der Waals surface area contributed by atoms with E-state index in [-0.39, 0.29) is 5.91 Å². The molecule has 0 bridgehead atoms. The SMILES string of the molecule is COC(CC(C)C)(CC(C)C)C(=O)Nc1ccc(OCCCN2CCCCC2C)cc1. The molecule has 176 valence electrons. The number of benzene rings is 1. The Balaban J connectivity index is 1.86. The molecule has 1 amide bonds. The van der Waals surface area contributed by atoms with Crippen molar-refractivity contribution in [3.63, 3.8) is 0 Å². The smallest absolute Gasteiger partial charge is 0.256 e. The number of likely N-dealkylation sites (tertiary alicyclic amines) is 1. The van der Waals surface area contributed by atoms with Gasteiger partial charge in [-0.1, -0.05) is 34.1 Å². The van der Waals surface area contributed by atoms with Gasteiger partial charge in [0.1, 0.15) is 11.4 Å². The Bertz CT molecular complexity index is 647. The maximum atomic E-state index is 13.1. The molecule has 5 nitrogen and oxygen atoms in total. The monoisotopic (exact) mass is 432 g/mol. The molecule has 0 radical (unpaired) electrons. The highest BCUT2D eigenvalue weighted by Gasteiger charge is 2.39. The normalized spacial score (nSPS) is 17.9. The lowest BCUT2D eigenvalue weighted by Crippen LogP contribution is -2.46. The van der Waals surface area contributed by atoms with Crippen LogP contribution in [0.5, 0.6) is 5.75 Å². The Morgan fingerprint density at radius 1 is 1.13 bits per heavy atom. The van der Waals surface area contributed by atoms with Crippen LogP contribution in [0.15, 0.2) is 24.3 Å². The van der Waals surface area contributed by atoms with Gasteiger partial charge in [-0.2, -0.15) is 0 Å². The fourth-order valence-electron chi connectivity index (χ4n) is 4.67. The van der Waals surface area contributed by atoms with Gasteiger partial charge in [0, 0.05) is 25.4 Å². The van der Waals surface area contributed by atoms with Crippen molar-refractivity contribution in [1.29, 1.82) is 0 Å². The van der Waals surface area contributed by atoms with Crippen LogP contribution in [0.1, 0.15) is 73.1 Å². The molecule has 1 unspecified atom stereocenters. The molecule has 0 saturated carbocycles. The Morgan fingerprint density at radius 3 is 2.32 bits per heavy atom. The van der Waals surface area contributed by atoms with E-state index in [4.69, 9.17) is 9.47 Å². The predicted molar refractivity (Wildman–Crippen MR) is 129 cm³/mol. The Kier molecular flexibility index (Phi) is 10.3. The number of nitrogens with zero attached hydrogens (tertiary/aromatic N) is 1. The van der Waals surface area contributed by atoms with Gasteiger partial charge in [0.05, 0.1) is 6.61 Å². The van der Waals surface area contributed by atoms with Crippen molar-refractivity contribution >= 4 is 11.6 Å². The molecule has 1 aliphatic heterocycles. The van der Waals surface area contributed by atoms with E-state index >= 15 is 0 Å². The van der Waals surface area contributed by atoms with E-state index in [9.17, 15) is 4.79 Å². The van der Waals surface area contributed by atoms with Crippen LogP contribution < -0.4 is 10.1 Å². The second-order valence-electron chi connectivity index (χ2n) is 9.96. The van der Waals surface area contributed by atoms with Gasteiger partial charge in [0.2, 0.25) is 0 Å². The van der Waals surface area contributed by atoms with Gasteiger partial charge in [-0.05, 0) is 81.7 Å². The summed E-state index contributed by atoms with van der Waals surface area (Å²) in [6.45, 7) is 13.8. The molecule has 1 aromatic rings. The minimum Gasteiger partial charge on any atom is -0.494 e. The zero-order chi connectivity index (χ0) is 22.9. The van der Waals surface area contributed by atoms with Gasteiger partial charge in [-0.3, -0.25) is 4.79 Å². The molecule has 1 N–H and O–H groups in total. The highest BCUT2D eigenvalue weighted by Crippen LogP contribution is 2.30. The van der Waals surface area contributed by atoms with Gasteiger partial charge >= 0.3 is 0 Å². The summed E-state index contributed by atoms with van der Waals surface area (Å²) in [5.74, 6) is 1.51. The minimum absolute atomic E-state index is 0.0679. The summed E-state index contributed by atoms with van der Waals surface area (Å²) in [5, 5.41) is 3.06. The maximum Gasteiger partial charge on any atom is 0.256 e. The van der Waals surface area contributed by atoms with E-state index in [1.807, 2.05) is 24.3 Å². The third kappa shape index (κ3) is 8.12. The topological polar surface area (TPSA) is 50.8 Å². The summed E-state index contributed by atoms with van der Waals surface area (Å²) < 4.78 is 11.7. The number of rotatable bonds is 12. The van der Waals surface area contributed by atoms with E-state index in [0.717, 1.165) is 24.4 Å². The third-order valence-corrected chi connectivity index (χ3v) is 6.19. The first-order valence-corrected chi connectivity index (χ1v) is 12.1. The second kappa shape index (κ2) is 12.4. The molecule has 1 aromatic carbocycles. The molecule has 31 heavy (non-hydrogen) atoms. The fraction of sp³-hybridized carbons (Fsp3) is 0.731. The van der Waals surface area contributed by atoms with Crippen LogP contribution in [0.3, 0.4) is 0 Å². The van der Waals surface area contributed by atoms with Crippen molar-refractivity contribution in [3.8, 4) is 5.75 Å². The average Bonchev–Trinajstić information content (AvgIpc) is 2.72. The lowest BCUT2D eigenvalue weighted by atomic mass is 9.84. The second-order valence-corrected chi connectivity index (χ2v) is 9.96. The molecule has 1 saturated heterocycles. The number of amides is 1. The van der Waals surface area contributed by atoms with Gasteiger partial charge in [-0.25, -0.2) is 0 Å². The van der Waals surface area contributed by atoms with Crippen LogP contribution in [-0.2, 0) is 9.53 Å². The van der Waals surface area contributed by atoms with Crippen molar-refractivity contribution in [2.75, 3.05) is 32.1 Å². The average molecular weight is 433 g/mol. The summed E-state index contributed by atoms with van der Waals surface area (Å²) >= 11 is 0. The number of piperidine rings is 1. The number of nitrogens with one attached hydrogen (secondary N) is 1. The van der Waals surface area contributed by atoms with Gasteiger partial charge in [0.15, 0.2) is 0 Å². The first-order valence-electron chi connectivity index (χ1n) is 12.1. The number of anilines is 1. The van der Waals surface area contributed by atoms with Crippen molar-refractivity contribution < 1.29 is 14.3 Å². The molecule has 1 fully saturated rings. The number of methoxy groups -OCH3 is 1. The Morgan fingerprint density at radius 2 is 1.77 bits per heavy atom. The Hall–Kier alpha value is -1.59. The van der Waals surface area contributed by atoms with Crippen LogP contribution >= 0.6 is 0 Å². The van der Waals surface area contributed by atoms with Crippen molar-refractivity contribution in [1.82, 2.24) is 4.90 Å². The van der Waals surface area contributed by atoms with Crippen molar-refractivity contribution in [2.24, 2.45) is 11.8 Å². The van der Waals surface area contributed by atoms with Gasteiger partial charge < -0.3 is 19.7 Å². The lowest BCUT2D eigenvalue weighted by molar-refractivity contribution is -0.142. The van der Waals surface area contributed by atoms with Crippen LogP contribution in [0.4, 0.5) is 5.69 Å². The molecular formula is C26H44N2O3. The van der Waals surface area contributed by atoms with E-state index in [2.05, 4.69) is 44.8 Å². The highest BCUT2D eigenvalue weighted by molar-refractivity contribution is 5.97. The number of ether oxygens (including phenoxy) is 2. The Labute approximate surface area is 189 Å². The molecule has 0 aliphatic carbocycles. The van der Waals surface area contributed by atoms with E-state index in [1.54, 1.807) is 7.11 Å². The van der Waals surface area contributed by atoms with Crippen LogP contribution in [0, 0.1) is 11.8 Å². The number of hydrogen-bond acceptors (Lipinski definition) is 4. The van der Waals surface area contributed by atoms with Crippen LogP contribution in [0.25, 0.3) is 0 Å². The largest absolute Gasteiger partial charge is 0.494 e. The quantitative estimate of drug-likeness (QED) is 0.428. The first kappa shape index (κ1) is 25.7. The molecular weight excluding hydrogens is 388 g/mol. The zero-order valence-electron chi connectivity index (χ0n) is 20.6. The summed E-state index contributed by atoms with van der Waals surface area (Å²) in [6, 6.07) is 8.37. The van der Waals surface area contributed by atoms with E-state index in [0.29, 0.717) is 37.3 Å². The highest BCUT2D eigenvalue weighted by atomic mass is 16.5. The number of carbonyl (C=O) groups excluding carboxylic acids is 1. The summed E-state index contributed by atoms with van der Waals surface area (Å²) in [6.07, 6.45) is 6.42. The first-order chi connectivity index (χ1) is 14.8. The van der Waals surface area contributed by atoms with Crippen LogP contribution in [0.2, 0.25) is 0 Å². The summed E-state index contributed by atoms with van der Waals surface area (Å²) in [5.41, 5.74) is -0.0308. The number of carbonyl (C=O) groups is 1. The van der Waals surface area contributed by atoms with E-state index in [1.165, 1.54) is 25.8 Å². The predicted octanol–water partition coefficient (Wildman–Crippen LogP) is 5.75. The molecule has 5 heteroatoms. The molecule has 1 aliphatic rings. The molecule has 1 heterocycles. The van der Waals surface area contributed by atoms with Crippen molar-refractivity contribution in [3.05, 3.63) is 24.3 Å². The van der Waals surface area contributed by atoms with Gasteiger partial charge in [-0.15, -0.1) is 0 Å². The molecule has 0 aromatic heterocycles.